The van der Waals surface area contributed by atoms with Crippen LogP contribution < -0.4 is 0 Å². The van der Waals surface area contributed by atoms with Crippen molar-refractivity contribution >= 4 is 22.7 Å². The van der Waals surface area contributed by atoms with Gasteiger partial charge in [0.1, 0.15) is 0 Å². The number of rotatable bonds is 0. The molecule has 0 fully saturated rings. The molecule has 2 aliphatic rings. The number of thiophene rings is 2. The van der Waals surface area contributed by atoms with E-state index >= 15 is 0 Å². The fourth-order valence-corrected chi connectivity index (χ4v) is 5.26. The Labute approximate surface area is 124 Å². The summed E-state index contributed by atoms with van der Waals surface area (Å²) in [6.45, 7) is 4.66. The fraction of sp³-hybridized carbons (Fsp3) is 0.529. The molecular formula is C17H22S2. The van der Waals surface area contributed by atoms with Gasteiger partial charge in [0.15, 0.2) is 0 Å². The minimum Gasteiger partial charge on any atom is -0.152 e. The highest BCUT2D eigenvalue weighted by atomic mass is 32.1. The molecule has 102 valence electrons. The lowest BCUT2D eigenvalue weighted by Gasteiger charge is -2.17. The van der Waals surface area contributed by atoms with Crippen molar-refractivity contribution in [2.45, 2.75) is 57.8 Å². The van der Waals surface area contributed by atoms with E-state index < -0.39 is 0 Å². The lowest BCUT2D eigenvalue weighted by molar-refractivity contribution is 0.594. The molecule has 0 amide bonds. The van der Waals surface area contributed by atoms with E-state index in [0.29, 0.717) is 0 Å². The molecule has 0 aliphatic heterocycles. The molecule has 0 N–H and O–H groups in total. The van der Waals surface area contributed by atoms with E-state index in [9.17, 15) is 0 Å². The van der Waals surface area contributed by atoms with Gasteiger partial charge < -0.3 is 0 Å². The molecule has 2 aromatic rings. The lowest BCUT2D eigenvalue weighted by Crippen LogP contribution is -2.03. The minimum atomic E-state index is 0.829. The molecule has 2 aliphatic carbocycles. The Bertz CT molecular complexity index is 535. The molecule has 0 spiro atoms. The highest BCUT2D eigenvalue weighted by Crippen LogP contribution is 2.35. The first-order valence-electron chi connectivity index (χ1n) is 7.37. The maximum Gasteiger partial charge on any atom is 0.00801 e. The second-order valence-electron chi connectivity index (χ2n) is 5.88. The Kier molecular flexibility index (Phi) is 4.09. The average molecular weight is 290 g/mol. The molecular weight excluding hydrogens is 268 g/mol. The molecule has 0 saturated heterocycles. The molecule has 0 bridgehead atoms. The zero-order valence-electron chi connectivity index (χ0n) is 11.8. The SMILES string of the molecule is CC1CCCc2cscc21.CC1CCc2sccc21. The molecule has 2 heteroatoms. The lowest BCUT2D eigenvalue weighted by atomic mass is 9.87. The predicted octanol–water partition coefficient (Wildman–Crippen LogP) is 5.99. The van der Waals surface area contributed by atoms with Gasteiger partial charge in [-0.2, -0.15) is 11.3 Å². The molecule has 2 unspecified atom stereocenters. The van der Waals surface area contributed by atoms with E-state index in [2.05, 4.69) is 36.1 Å². The van der Waals surface area contributed by atoms with E-state index in [4.69, 9.17) is 0 Å². The summed E-state index contributed by atoms with van der Waals surface area (Å²) in [4.78, 5) is 1.63. The van der Waals surface area contributed by atoms with Crippen LogP contribution in [0.25, 0.3) is 0 Å². The third kappa shape index (κ3) is 2.80. The second kappa shape index (κ2) is 5.80. The third-order valence-corrected chi connectivity index (χ3v) is 6.31. The molecule has 19 heavy (non-hydrogen) atoms. The zero-order valence-corrected chi connectivity index (χ0v) is 13.4. The van der Waals surface area contributed by atoms with Gasteiger partial charge in [-0.05, 0) is 82.8 Å². The van der Waals surface area contributed by atoms with Crippen molar-refractivity contribution in [3.05, 3.63) is 43.8 Å². The van der Waals surface area contributed by atoms with E-state index in [0.717, 1.165) is 11.8 Å². The summed E-state index contributed by atoms with van der Waals surface area (Å²) in [5.74, 6) is 1.67. The molecule has 2 atom stereocenters. The Hall–Kier alpha value is -0.600. The Morgan fingerprint density at radius 3 is 2.63 bits per heavy atom. The number of aryl methyl sites for hydroxylation is 2. The van der Waals surface area contributed by atoms with Gasteiger partial charge in [-0.3, -0.25) is 0 Å². The summed E-state index contributed by atoms with van der Waals surface area (Å²) in [6, 6.07) is 2.28. The Morgan fingerprint density at radius 1 is 1.00 bits per heavy atom. The maximum atomic E-state index is 2.34. The Balaban J connectivity index is 0.000000117. The van der Waals surface area contributed by atoms with Crippen LogP contribution in [0.2, 0.25) is 0 Å². The summed E-state index contributed by atoms with van der Waals surface area (Å²) >= 11 is 3.77. The van der Waals surface area contributed by atoms with Crippen molar-refractivity contribution in [1.29, 1.82) is 0 Å². The number of hydrogen-bond acceptors (Lipinski definition) is 2. The highest BCUT2D eigenvalue weighted by molar-refractivity contribution is 7.10. The summed E-state index contributed by atoms with van der Waals surface area (Å²) < 4.78 is 0. The van der Waals surface area contributed by atoms with Crippen molar-refractivity contribution in [1.82, 2.24) is 0 Å². The number of hydrogen-bond donors (Lipinski definition) is 0. The van der Waals surface area contributed by atoms with Gasteiger partial charge in [0.25, 0.3) is 0 Å². The minimum absolute atomic E-state index is 0.829. The van der Waals surface area contributed by atoms with Crippen LogP contribution in [-0.4, -0.2) is 0 Å². The normalized spacial score (nSPS) is 24.3. The molecule has 0 nitrogen and oxygen atoms in total. The van der Waals surface area contributed by atoms with Gasteiger partial charge in [0.2, 0.25) is 0 Å². The predicted molar refractivity (Wildman–Crippen MR) is 86.7 cm³/mol. The van der Waals surface area contributed by atoms with E-state index in [1.54, 1.807) is 21.6 Å². The van der Waals surface area contributed by atoms with Crippen LogP contribution >= 0.6 is 22.7 Å². The third-order valence-electron chi connectivity index (χ3n) is 4.51. The molecule has 0 radical (unpaired) electrons. The van der Waals surface area contributed by atoms with Crippen molar-refractivity contribution in [2.75, 3.05) is 0 Å². The van der Waals surface area contributed by atoms with Gasteiger partial charge in [-0.15, -0.1) is 11.3 Å². The molecule has 2 aromatic heterocycles. The van der Waals surface area contributed by atoms with Crippen LogP contribution in [0.5, 0.6) is 0 Å². The summed E-state index contributed by atoms with van der Waals surface area (Å²) in [6.07, 6.45) is 6.81. The molecule has 0 aromatic carbocycles. The molecule has 0 saturated carbocycles. The molecule has 2 heterocycles. The fourth-order valence-electron chi connectivity index (χ4n) is 3.22. The highest BCUT2D eigenvalue weighted by Gasteiger charge is 2.18. The van der Waals surface area contributed by atoms with E-state index in [1.165, 1.54) is 32.1 Å². The average Bonchev–Trinajstić information content (AvgIpc) is 3.09. The summed E-state index contributed by atoms with van der Waals surface area (Å²) in [5, 5.41) is 6.84. The number of fused-ring (bicyclic) bond motifs is 2. The first kappa shape index (κ1) is 13.4. The van der Waals surface area contributed by atoms with Crippen molar-refractivity contribution in [3.63, 3.8) is 0 Å². The van der Waals surface area contributed by atoms with Crippen LogP contribution in [0.4, 0.5) is 0 Å². The van der Waals surface area contributed by atoms with Crippen LogP contribution in [0.15, 0.2) is 22.2 Å². The first-order valence-corrected chi connectivity index (χ1v) is 9.19. The van der Waals surface area contributed by atoms with Crippen LogP contribution in [0, 0.1) is 0 Å². The van der Waals surface area contributed by atoms with E-state index in [-0.39, 0.29) is 0 Å². The topological polar surface area (TPSA) is 0 Å². The quantitative estimate of drug-likeness (QED) is 0.559. The molecule has 4 rings (SSSR count). The summed E-state index contributed by atoms with van der Waals surface area (Å²) in [7, 11) is 0. The van der Waals surface area contributed by atoms with Crippen molar-refractivity contribution in [2.24, 2.45) is 0 Å². The monoisotopic (exact) mass is 290 g/mol. The van der Waals surface area contributed by atoms with Crippen LogP contribution in [0.3, 0.4) is 0 Å². The Morgan fingerprint density at radius 2 is 1.84 bits per heavy atom. The maximum absolute atomic E-state index is 2.34. The van der Waals surface area contributed by atoms with Crippen LogP contribution in [0.1, 0.15) is 66.5 Å². The first-order chi connectivity index (χ1) is 9.25. The van der Waals surface area contributed by atoms with Crippen LogP contribution in [-0.2, 0) is 12.8 Å². The zero-order chi connectivity index (χ0) is 13.2. The second-order valence-corrected chi connectivity index (χ2v) is 7.63. The van der Waals surface area contributed by atoms with Gasteiger partial charge in [-0.25, -0.2) is 0 Å². The van der Waals surface area contributed by atoms with Crippen molar-refractivity contribution < 1.29 is 0 Å². The van der Waals surface area contributed by atoms with Gasteiger partial charge in [0, 0.05) is 4.88 Å². The van der Waals surface area contributed by atoms with Crippen molar-refractivity contribution in [3.8, 4) is 0 Å². The summed E-state index contributed by atoms with van der Waals surface area (Å²) in [5.41, 5.74) is 4.85. The standard InChI is InChI=1S/C9H12S.C8H10S/c1-7-3-2-4-8-5-10-6-9(7)8;1-6-2-3-8-7(6)4-5-9-8/h5-7H,2-4H2,1H3;4-6H,2-3H2,1H3. The smallest absolute Gasteiger partial charge is 0.00801 e. The largest absolute Gasteiger partial charge is 0.152 e. The van der Waals surface area contributed by atoms with Gasteiger partial charge in [-0.1, -0.05) is 13.8 Å². The van der Waals surface area contributed by atoms with Gasteiger partial charge >= 0.3 is 0 Å². The van der Waals surface area contributed by atoms with Gasteiger partial charge in [0.05, 0.1) is 0 Å². The van der Waals surface area contributed by atoms with E-state index in [1.807, 2.05) is 22.7 Å².